The summed E-state index contributed by atoms with van der Waals surface area (Å²) in [5.74, 6) is -0.375. The Morgan fingerprint density at radius 2 is 1.50 bits per heavy atom. The molecule has 1 atom stereocenters. The molecular weight excluding hydrogens is 1030 g/mol. The molecule has 3 aliphatic heterocycles. The molecule has 1 saturated heterocycles. The minimum atomic E-state index is -4.54. The fraction of sp³-hybridized carbons (Fsp3) is 0.434. The van der Waals surface area contributed by atoms with Gasteiger partial charge in [0.2, 0.25) is 23.4 Å². The van der Waals surface area contributed by atoms with Gasteiger partial charge in [0, 0.05) is 73.4 Å². The average Bonchev–Trinajstić information content (AvgIpc) is 3.78. The van der Waals surface area contributed by atoms with E-state index in [0.717, 1.165) is 56.4 Å². The fourth-order valence-corrected chi connectivity index (χ4v) is 12.0. The number of ether oxygens (including phenoxy) is 1. The number of allylic oxidation sites excluding steroid dienone is 7. The number of anilines is 1. The molecule has 3 aromatic carbocycles. The highest BCUT2D eigenvalue weighted by atomic mass is 32.2. The summed E-state index contributed by atoms with van der Waals surface area (Å²) in [5, 5.41) is 2.13. The highest BCUT2D eigenvalue weighted by Gasteiger charge is 2.45. The maximum absolute atomic E-state index is 12.7. The number of hydrogen-bond acceptors (Lipinski definition) is 12. The van der Waals surface area contributed by atoms with Crippen LogP contribution in [0.25, 0.3) is 0 Å². The second-order valence-electron chi connectivity index (χ2n) is 20.2. The van der Waals surface area contributed by atoms with Crippen LogP contribution in [-0.2, 0) is 55.6 Å². The molecule has 0 saturated carbocycles. The molecule has 0 radical (unpaired) electrons. The van der Waals surface area contributed by atoms with Gasteiger partial charge >= 0.3 is 0 Å². The van der Waals surface area contributed by atoms with E-state index >= 15 is 0 Å². The molecule has 1 fully saturated rings. The third kappa shape index (κ3) is 13.0. The molecule has 7 rings (SSSR count). The van der Waals surface area contributed by atoms with Crippen LogP contribution in [0.2, 0.25) is 0 Å². The minimum absolute atomic E-state index is 0.0400. The number of fused-ring (bicyclic) bond motifs is 2. The first-order valence-electron chi connectivity index (χ1n) is 24.6. The molecular formula is C53H65N4O13S4+. The van der Waals surface area contributed by atoms with E-state index in [-0.39, 0.29) is 65.6 Å². The number of likely N-dealkylation sites (tertiary alicyclic amines) is 1. The van der Waals surface area contributed by atoms with Crippen LogP contribution in [0.15, 0.2) is 117 Å². The van der Waals surface area contributed by atoms with Crippen LogP contribution < -0.4 is 15.0 Å². The van der Waals surface area contributed by atoms with Crippen molar-refractivity contribution in [3.63, 3.8) is 0 Å². The Morgan fingerprint density at radius 1 is 0.797 bits per heavy atom. The highest BCUT2D eigenvalue weighted by molar-refractivity contribution is 7.86. The van der Waals surface area contributed by atoms with Crippen molar-refractivity contribution in [2.75, 3.05) is 36.8 Å². The van der Waals surface area contributed by atoms with Crippen molar-refractivity contribution in [3.8, 4) is 5.75 Å². The summed E-state index contributed by atoms with van der Waals surface area (Å²) >= 11 is 4.14. The molecule has 398 valence electrons. The van der Waals surface area contributed by atoms with Gasteiger partial charge in [0.05, 0.1) is 26.2 Å². The standard InChI is InChI=1S/C53H64N4O13S4/c1-35-15-23-43-41(32-35)52(2,3)46(56(43)29-9-10-31-72(61,62)63)25-16-36-12-11-13-37(50(36)70-38-18-20-39(21-19-38)73(64,65)66)17-26-47-53(4,5)42-33-40(74(67,68)69)22-24-44(42)55(47)28-8-6-7-14-48(58)54-27-30-57-49(59)34-45(71)51(57)60/h15-26,32-33,45H,6-14,27-31,34H2,1-5H3,(H4-,54,58,61,62,63,64,65,66,67,68,69,71)/p+1. The number of benzene rings is 3. The molecule has 21 heteroatoms. The van der Waals surface area contributed by atoms with Crippen LogP contribution in [0.5, 0.6) is 5.75 Å². The number of aryl methyl sites for hydroxylation is 1. The van der Waals surface area contributed by atoms with Crippen LogP contribution in [-0.4, -0.2) is 109 Å². The van der Waals surface area contributed by atoms with Crippen molar-refractivity contribution in [1.82, 2.24) is 10.2 Å². The van der Waals surface area contributed by atoms with E-state index in [0.29, 0.717) is 68.7 Å². The van der Waals surface area contributed by atoms with Crippen LogP contribution >= 0.6 is 12.6 Å². The molecule has 3 aromatic rings. The summed E-state index contributed by atoms with van der Waals surface area (Å²) in [7, 11) is -13.1. The monoisotopic (exact) mass is 1090 g/mol. The maximum atomic E-state index is 12.7. The summed E-state index contributed by atoms with van der Waals surface area (Å²) < 4.78 is 110. The molecule has 4 N–H and O–H groups in total. The van der Waals surface area contributed by atoms with Gasteiger partial charge in [0.1, 0.15) is 18.1 Å². The number of imide groups is 1. The lowest BCUT2D eigenvalue weighted by Crippen LogP contribution is -2.38. The van der Waals surface area contributed by atoms with Gasteiger partial charge in [0.25, 0.3) is 30.4 Å². The Bertz CT molecular complexity index is 3230. The second kappa shape index (κ2) is 22.4. The minimum Gasteiger partial charge on any atom is -0.457 e. The molecule has 0 spiro atoms. The van der Waals surface area contributed by atoms with E-state index in [9.17, 15) is 53.3 Å². The number of nitrogens with one attached hydrogen (secondary N) is 1. The first kappa shape index (κ1) is 56.3. The Hall–Kier alpha value is -5.42. The molecule has 0 bridgehead atoms. The molecule has 74 heavy (non-hydrogen) atoms. The predicted molar refractivity (Wildman–Crippen MR) is 285 cm³/mol. The average molecular weight is 1090 g/mol. The van der Waals surface area contributed by atoms with Crippen molar-refractivity contribution in [3.05, 3.63) is 124 Å². The van der Waals surface area contributed by atoms with Crippen LogP contribution in [0, 0.1) is 6.92 Å². The number of rotatable bonds is 21. The molecule has 1 aliphatic carbocycles. The van der Waals surface area contributed by atoms with Gasteiger partial charge in [-0.1, -0.05) is 37.6 Å². The van der Waals surface area contributed by atoms with Gasteiger partial charge in [-0.15, -0.1) is 0 Å². The zero-order valence-electron chi connectivity index (χ0n) is 42.2. The lowest BCUT2D eigenvalue weighted by molar-refractivity contribution is -0.438. The summed E-state index contributed by atoms with van der Waals surface area (Å²) in [5.41, 5.74) is 6.88. The Balaban J connectivity index is 1.21. The third-order valence-corrected chi connectivity index (χ3v) is 17.0. The SMILES string of the molecule is Cc1ccc2c(c1)C(C)(C)C(=CC=C1CCCC(C=CC3=[N+](CCCCCC(=O)NCCN4C(=O)CC(S)C4=O)c4ccc(S(=O)(=O)O)cc4C3(C)C)=C1Oc1ccc(S(=O)(=O)O)cc1)N2CCCCS(=O)(=O)O. The number of hydrogen-bond donors (Lipinski definition) is 5. The van der Waals surface area contributed by atoms with Crippen molar-refractivity contribution in [1.29, 1.82) is 0 Å². The molecule has 3 amide bonds. The maximum Gasteiger partial charge on any atom is 0.294 e. The number of unbranched alkanes of at least 4 members (excludes halogenated alkanes) is 3. The number of carbonyl (C=O) groups excluding carboxylic acids is 3. The Labute approximate surface area is 439 Å². The first-order valence-corrected chi connectivity index (χ1v) is 29.7. The molecule has 0 aromatic heterocycles. The Morgan fingerprint density at radius 3 is 2.16 bits per heavy atom. The van der Waals surface area contributed by atoms with Gasteiger partial charge in [-0.05, 0) is 137 Å². The summed E-state index contributed by atoms with van der Waals surface area (Å²) in [6, 6.07) is 16.3. The van der Waals surface area contributed by atoms with Gasteiger partial charge < -0.3 is 15.0 Å². The van der Waals surface area contributed by atoms with Gasteiger partial charge in [0.15, 0.2) is 5.71 Å². The van der Waals surface area contributed by atoms with E-state index in [4.69, 9.17) is 4.74 Å². The van der Waals surface area contributed by atoms with Crippen molar-refractivity contribution in [2.24, 2.45) is 0 Å². The van der Waals surface area contributed by atoms with E-state index in [1.807, 2.05) is 45.1 Å². The summed E-state index contributed by atoms with van der Waals surface area (Å²) in [4.78, 5) is 39.8. The van der Waals surface area contributed by atoms with Crippen molar-refractivity contribution in [2.45, 2.75) is 125 Å². The predicted octanol–water partition coefficient (Wildman–Crippen LogP) is 7.95. The largest absolute Gasteiger partial charge is 0.457 e. The van der Waals surface area contributed by atoms with Gasteiger partial charge in [-0.3, -0.25) is 32.9 Å². The van der Waals surface area contributed by atoms with Crippen LogP contribution in [0.4, 0.5) is 11.4 Å². The fourth-order valence-electron chi connectivity index (χ4n) is 10.2. The quantitative estimate of drug-likeness (QED) is 0.0224. The first-order chi connectivity index (χ1) is 34.7. The molecule has 4 aliphatic rings. The summed E-state index contributed by atoms with van der Waals surface area (Å²) in [6.45, 7) is 11.5. The van der Waals surface area contributed by atoms with Crippen molar-refractivity contribution >= 4 is 77.8 Å². The van der Waals surface area contributed by atoms with E-state index < -0.39 is 46.4 Å². The van der Waals surface area contributed by atoms with E-state index in [2.05, 4.69) is 59.5 Å². The molecule has 17 nitrogen and oxygen atoms in total. The zero-order chi connectivity index (χ0) is 54.0. The van der Waals surface area contributed by atoms with E-state index in [1.54, 1.807) is 6.07 Å². The number of thiol groups is 1. The number of carbonyl (C=O) groups is 3. The van der Waals surface area contributed by atoms with E-state index in [1.165, 1.54) is 36.4 Å². The van der Waals surface area contributed by atoms with Gasteiger partial charge in [-0.2, -0.15) is 42.5 Å². The topological polar surface area (TPSA) is 245 Å². The van der Waals surface area contributed by atoms with Crippen LogP contribution in [0.3, 0.4) is 0 Å². The normalized spacial score (nSPS) is 19.9. The molecule has 3 heterocycles. The highest BCUT2D eigenvalue weighted by Crippen LogP contribution is 2.49. The molecule has 1 unspecified atom stereocenters. The zero-order valence-corrected chi connectivity index (χ0v) is 45.5. The second-order valence-corrected chi connectivity index (χ2v) is 25.2. The van der Waals surface area contributed by atoms with Crippen molar-refractivity contribution < 1.29 is 62.6 Å². The van der Waals surface area contributed by atoms with Gasteiger partial charge in [-0.25, -0.2) is 0 Å². The lowest BCUT2D eigenvalue weighted by Gasteiger charge is -2.27. The number of nitrogens with zero attached hydrogens (tertiary/aromatic N) is 3. The van der Waals surface area contributed by atoms with Crippen LogP contribution in [0.1, 0.15) is 109 Å². The Kier molecular flexibility index (Phi) is 17.1. The number of amides is 3. The third-order valence-electron chi connectivity index (χ3n) is 14.1. The smallest absolute Gasteiger partial charge is 0.294 e. The summed E-state index contributed by atoms with van der Waals surface area (Å²) in [6.07, 6.45) is 12.9. The lowest BCUT2D eigenvalue weighted by atomic mass is 9.81.